The van der Waals surface area contributed by atoms with Crippen molar-refractivity contribution in [2.24, 2.45) is 0 Å². The molecule has 2 aliphatic rings. The van der Waals surface area contributed by atoms with Gasteiger partial charge in [-0.3, -0.25) is 9.69 Å². The van der Waals surface area contributed by atoms with Gasteiger partial charge in [-0.15, -0.1) is 0 Å². The normalized spacial score (nSPS) is 33.4. The predicted octanol–water partition coefficient (Wildman–Crippen LogP) is 0.288. The van der Waals surface area contributed by atoms with Crippen LogP contribution in [0.1, 0.15) is 39.0 Å². The minimum atomic E-state index is -0.664. The Morgan fingerprint density at radius 1 is 1.39 bits per heavy atom. The standard InChI is InChI=1S/C13H23NO4/c1-2-18-13(17)7-12(16)8-14-9-3-4-10(14)6-11(15)5-9/h9-12,15-16H,2-8H2,1H3. The van der Waals surface area contributed by atoms with E-state index in [9.17, 15) is 15.0 Å². The van der Waals surface area contributed by atoms with Crippen LogP contribution in [0.5, 0.6) is 0 Å². The fourth-order valence-electron chi connectivity index (χ4n) is 3.26. The molecule has 5 nitrogen and oxygen atoms in total. The first-order chi connectivity index (χ1) is 8.60. The van der Waals surface area contributed by atoms with Crippen LogP contribution in [0.25, 0.3) is 0 Å². The maximum Gasteiger partial charge on any atom is 0.308 e. The van der Waals surface area contributed by atoms with Gasteiger partial charge in [0.15, 0.2) is 0 Å². The molecule has 0 aliphatic carbocycles. The third kappa shape index (κ3) is 3.22. The first kappa shape index (κ1) is 13.8. The molecular formula is C13H23NO4. The molecule has 2 N–H and O–H groups in total. The van der Waals surface area contributed by atoms with Crippen molar-refractivity contribution in [2.75, 3.05) is 13.2 Å². The fraction of sp³-hybridized carbons (Fsp3) is 0.923. The second kappa shape index (κ2) is 5.99. The van der Waals surface area contributed by atoms with E-state index >= 15 is 0 Å². The van der Waals surface area contributed by atoms with Gasteiger partial charge in [0.05, 0.1) is 25.2 Å². The molecule has 0 aromatic heterocycles. The van der Waals surface area contributed by atoms with E-state index in [1.165, 1.54) is 0 Å². The molecule has 104 valence electrons. The van der Waals surface area contributed by atoms with Crippen LogP contribution in [0.3, 0.4) is 0 Å². The number of piperidine rings is 1. The van der Waals surface area contributed by atoms with Crippen molar-refractivity contribution in [3.05, 3.63) is 0 Å². The van der Waals surface area contributed by atoms with Crippen molar-refractivity contribution >= 4 is 5.97 Å². The smallest absolute Gasteiger partial charge is 0.308 e. The summed E-state index contributed by atoms with van der Waals surface area (Å²) < 4.78 is 4.83. The monoisotopic (exact) mass is 257 g/mol. The van der Waals surface area contributed by atoms with E-state index in [0.717, 1.165) is 25.7 Å². The molecule has 18 heavy (non-hydrogen) atoms. The molecule has 2 heterocycles. The molecule has 2 fully saturated rings. The number of carbonyl (C=O) groups excluding carboxylic acids is 1. The Balaban J connectivity index is 1.81. The lowest BCUT2D eigenvalue weighted by Gasteiger charge is -2.38. The molecule has 2 aliphatic heterocycles. The van der Waals surface area contributed by atoms with Crippen molar-refractivity contribution in [1.82, 2.24) is 4.90 Å². The number of nitrogens with zero attached hydrogens (tertiary/aromatic N) is 1. The number of hydrogen-bond acceptors (Lipinski definition) is 5. The number of ether oxygens (including phenoxy) is 1. The van der Waals surface area contributed by atoms with Crippen LogP contribution < -0.4 is 0 Å². The van der Waals surface area contributed by atoms with Crippen molar-refractivity contribution in [3.8, 4) is 0 Å². The number of carbonyl (C=O) groups is 1. The summed E-state index contributed by atoms with van der Waals surface area (Å²) in [5.41, 5.74) is 0. The third-order valence-electron chi connectivity index (χ3n) is 3.99. The number of rotatable bonds is 5. The number of hydrogen-bond donors (Lipinski definition) is 2. The summed E-state index contributed by atoms with van der Waals surface area (Å²) in [6.07, 6.45) is 2.97. The van der Waals surface area contributed by atoms with Crippen LogP contribution in [0.15, 0.2) is 0 Å². The van der Waals surface area contributed by atoms with Gasteiger partial charge >= 0.3 is 5.97 Å². The first-order valence-corrected chi connectivity index (χ1v) is 6.87. The van der Waals surface area contributed by atoms with E-state index in [1.54, 1.807) is 6.92 Å². The number of esters is 1. The SMILES string of the molecule is CCOC(=O)CC(O)CN1C2CCC1CC(O)C2. The lowest BCUT2D eigenvalue weighted by molar-refractivity contribution is -0.145. The molecule has 2 saturated heterocycles. The molecule has 5 heteroatoms. The van der Waals surface area contributed by atoms with E-state index in [1.807, 2.05) is 0 Å². The van der Waals surface area contributed by atoms with Gasteiger partial charge in [-0.25, -0.2) is 0 Å². The summed E-state index contributed by atoms with van der Waals surface area (Å²) in [6, 6.07) is 0.742. The largest absolute Gasteiger partial charge is 0.466 e. The highest BCUT2D eigenvalue weighted by Crippen LogP contribution is 2.35. The predicted molar refractivity (Wildman–Crippen MR) is 66.0 cm³/mol. The van der Waals surface area contributed by atoms with Gasteiger partial charge in [0.25, 0.3) is 0 Å². The summed E-state index contributed by atoms with van der Waals surface area (Å²) in [5.74, 6) is -0.339. The van der Waals surface area contributed by atoms with E-state index in [4.69, 9.17) is 4.74 Å². The van der Waals surface area contributed by atoms with Crippen LogP contribution in [-0.4, -0.2) is 58.5 Å². The zero-order valence-electron chi connectivity index (χ0n) is 10.9. The van der Waals surface area contributed by atoms with Gasteiger partial charge in [-0.2, -0.15) is 0 Å². The van der Waals surface area contributed by atoms with Crippen LogP contribution >= 0.6 is 0 Å². The van der Waals surface area contributed by atoms with Crippen LogP contribution in [0, 0.1) is 0 Å². The van der Waals surface area contributed by atoms with Crippen LogP contribution in [0.4, 0.5) is 0 Å². The highest BCUT2D eigenvalue weighted by molar-refractivity contribution is 5.69. The number of aliphatic hydroxyl groups excluding tert-OH is 2. The molecule has 0 radical (unpaired) electrons. The van der Waals surface area contributed by atoms with Gasteiger partial charge in [-0.1, -0.05) is 0 Å². The van der Waals surface area contributed by atoms with E-state index in [0.29, 0.717) is 25.2 Å². The second-order valence-corrected chi connectivity index (χ2v) is 5.37. The average molecular weight is 257 g/mol. The van der Waals surface area contributed by atoms with Crippen molar-refractivity contribution < 1.29 is 19.7 Å². The van der Waals surface area contributed by atoms with E-state index in [2.05, 4.69) is 4.90 Å². The van der Waals surface area contributed by atoms with Crippen LogP contribution in [-0.2, 0) is 9.53 Å². The Labute approximate surface area is 108 Å². The van der Waals surface area contributed by atoms with Crippen LogP contribution in [0.2, 0.25) is 0 Å². The topological polar surface area (TPSA) is 70.0 Å². The average Bonchev–Trinajstić information content (AvgIpc) is 2.54. The molecule has 3 atom stereocenters. The molecule has 0 aromatic rings. The molecule has 0 aromatic carbocycles. The van der Waals surface area contributed by atoms with Gasteiger partial charge in [0.2, 0.25) is 0 Å². The van der Waals surface area contributed by atoms with Gasteiger partial charge in [-0.05, 0) is 32.6 Å². The second-order valence-electron chi connectivity index (χ2n) is 5.37. The summed E-state index contributed by atoms with van der Waals surface area (Å²) in [4.78, 5) is 13.5. The Hall–Kier alpha value is -0.650. The lowest BCUT2D eigenvalue weighted by atomic mass is 9.99. The highest BCUT2D eigenvalue weighted by Gasteiger charge is 2.40. The summed E-state index contributed by atoms with van der Waals surface area (Å²) in [6.45, 7) is 2.63. The third-order valence-corrected chi connectivity index (χ3v) is 3.99. The van der Waals surface area contributed by atoms with Gasteiger partial charge in [0.1, 0.15) is 0 Å². The Morgan fingerprint density at radius 3 is 2.56 bits per heavy atom. The zero-order valence-corrected chi connectivity index (χ0v) is 10.9. The molecule has 0 spiro atoms. The van der Waals surface area contributed by atoms with E-state index in [-0.39, 0.29) is 18.5 Å². The first-order valence-electron chi connectivity index (χ1n) is 6.87. The van der Waals surface area contributed by atoms with Gasteiger partial charge in [0, 0.05) is 18.6 Å². The highest BCUT2D eigenvalue weighted by atomic mass is 16.5. The lowest BCUT2D eigenvalue weighted by Crippen LogP contribution is -2.48. The Bertz CT molecular complexity index is 283. The summed E-state index contributed by atoms with van der Waals surface area (Å²) in [7, 11) is 0. The molecule has 0 amide bonds. The Kier molecular flexibility index (Phi) is 4.59. The molecule has 2 rings (SSSR count). The fourth-order valence-corrected chi connectivity index (χ4v) is 3.26. The van der Waals surface area contributed by atoms with Crippen molar-refractivity contribution in [1.29, 1.82) is 0 Å². The maximum atomic E-state index is 11.3. The molecule has 2 bridgehead atoms. The number of aliphatic hydroxyl groups is 2. The summed E-state index contributed by atoms with van der Waals surface area (Å²) >= 11 is 0. The van der Waals surface area contributed by atoms with E-state index < -0.39 is 6.10 Å². The van der Waals surface area contributed by atoms with Crippen molar-refractivity contribution in [3.63, 3.8) is 0 Å². The Morgan fingerprint density at radius 2 is 2.00 bits per heavy atom. The number of fused-ring (bicyclic) bond motifs is 2. The maximum absolute atomic E-state index is 11.3. The van der Waals surface area contributed by atoms with Crippen molar-refractivity contribution in [2.45, 2.75) is 63.3 Å². The zero-order chi connectivity index (χ0) is 13.1. The molecular weight excluding hydrogens is 234 g/mol. The summed E-state index contributed by atoms with van der Waals surface area (Å²) in [5, 5.41) is 19.6. The minimum Gasteiger partial charge on any atom is -0.466 e. The van der Waals surface area contributed by atoms with Gasteiger partial charge < -0.3 is 14.9 Å². The molecule has 0 saturated carbocycles. The minimum absolute atomic E-state index is 0.0618. The molecule has 3 unspecified atom stereocenters. The quantitative estimate of drug-likeness (QED) is 0.693.